The van der Waals surface area contributed by atoms with E-state index < -0.39 is 0 Å². The third kappa shape index (κ3) is 2.91. The van der Waals surface area contributed by atoms with Gasteiger partial charge in [-0.15, -0.1) is 0 Å². The number of Topliss-reactive ketones (excluding diaryl/α,β-unsaturated/α-hetero) is 1. The second kappa shape index (κ2) is 5.10. The van der Waals surface area contributed by atoms with Gasteiger partial charge in [-0.3, -0.25) is 9.59 Å². The van der Waals surface area contributed by atoms with Crippen LogP contribution in [-0.2, 0) is 9.53 Å². The molecular weight excluding hydrogens is 218 g/mol. The Morgan fingerprint density at radius 2 is 2.00 bits per heavy atom. The van der Waals surface area contributed by atoms with Crippen molar-refractivity contribution in [1.82, 2.24) is 0 Å². The number of carbonyl (C=O) groups is 2. The number of hydrogen-bond acceptors (Lipinski definition) is 3. The molecule has 1 heterocycles. The Bertz CT molecular complexity index is 419. The average molecular weight is 233 g/mol. The first-order chi connectivity index (χ1) is 8.16. The minimum absolute atomic E-state index is 0.0157. The zero-order valence-electron chi connectivity index (χ0n) is 9.73. The molecule has 1 aromatic carbocycles. The molecule has 0 aromatic heterocycles. The molecule has 0 saturated carbocycles. The predicted octanol–water partition coefficient (Wildman–Crippen LogP) is 1.86. The number of rotatable bonds is 3. The molecule has 1 aliphatic heterocycles. The quantitative estimate of drug-likeness (QED) is 0.811. The first-order valence-corrected chi connectivity index (χ1v) is 5.66. The lowest BCUT2D eigenvalue weighted by Crippen LogP contribution is -2.22. The van der Waals surface area contributed by atoms with Crippen molar-refractivity contribution in [3.05, 3.63) is 29.8 Å². The molecule has 0 spiro atoms. The van der Waals surface area contributed by atoms with Crippen LogP contribution in [0, 0.1) is 5.92 Å². The Balaban J connectivity index is 1.98. The van der Waals surface area contributed by atoms with Crippen molar-refractivity contribution in [2.45, 2.75) is 13.3 Å². The summed E-state index contributed by atoms with van der Waals surface area (Å²) in [5, 5.41) is 2.82. The summed E-state index contributed by atoms with van der Waals surface area (Å²) in [7, 11) is 0. The second-order valence-electron chi connectivity index (χ2n) is 4.18. The van der Waals surface area contributed by atoms with Crippen molar-refractivity contribution in [1.29, 1.82) is 0 Å². The van der Waals surface area contributed by atoms with Crippen molar-refractivity contribution in [2.24, 2.45) is 5.92 Å². The van der Waals surface area contributed by atoms with Gasteiger partial charge in [-0.1, -0.05) is 0 Å². The molecule has 1 atom stereocenters. The predicted molar refractivity (Wildman–Crippen MR) is 64.0 cm³/mol. The zero-order chi connectivity index (χ0) is 12.3. The monoisotopic (exact) mass is 233 g/mol. The minimum atomic E-state index is -0.0533. The Hall–Kier alpha value is -1.68. The van der Waals surface area contributed by atoms with E-state index in [4.69, 9.17) is 4.74 Å². The van der Waals surface area contributed by atoms with Crippen LogP contribution in [0.2, 0.25) is 0 Å². The topological polar surface area (TPSA) is 55.4 Å². The molecule has 1 fully saturated rings. The number of ketones is 1. The van der Waals surface area contributed by atoms with Gasteiger partial charge in [0.2, 0.25) is 5.91 Å². The number of nitrogens with one attached hydrogen (secondary N) is 1. The molecule has 90 valence electrons. The lowest BCUT2D eigenvalue weighted by atomic mass is 10.1. The number of ether oxygens (including phenoxy) is 1. The summed E-state index contributed by atoms with van der Waals surface area (Å²) in [6.45, 7) is 2.67. The fourth-order valence-electron chi connectivity index (χ4n) is 1.77. The van der Waals surface area contributed by atoms with Crippen molar-refractivity contribution >= 4 is 17.4 Å². The van der Waals surface area contributed by atoms with Crippen LogP contribution in [0.15, 0.2) is 24.3 Å². The molecule has 4 heteroatoms. The van der Waals surface area contributed by atoms with E-state index in [1.165, 1.54) is 6.92 Å². The van der Waals surface area contributed by atoms with E-state index >= 15 is 0 Å². The van der Waals surface area contributed by atoms with E-state index in [9.17, 15) is 9.59 Å². The van der Waals surface area contributed by atoms with Crippen LogP contribution < -0.4 is 5.32 Å². The Morgan fingerprint density at radius 3 is 2.53 bits per heavy atom. The molecule has 1 amide bonds. The largest absolute Gasteiger partial charge is 0.381 e. The summed E-state index contributed by atoms with van der Waals surface area (Å²) in [6.07, 6.45) is 0.775. The standard InChI is InChI=1S/C13H15NO3/c1-9(15)10-2-4-12(5-3-10)14-13(16)11-6-7-17-8-11/h2-5,11H,6-8H2,1H3,(H,14,16). The van der Waals surface area contributed by atoms with Crippen LogP contribution in [0.25, 0.3) is 0 Å². The van der Waals surface area contributed by atoms with Crippen molar-refractivity contribution in [3.8, 4) is 0 Å². The van der Waals surface area contributed by atoms with Crippen molar-refractivity contribution in [3.63, 3.8) is 0 Å². The van der Waals surface area contributed by atoms with Gasteiger partial charge in [0.15, 0.2) is 5.78 Å². The van der Waals surface area contributed by atoms with Gasteiger partial charge in [-0.25, -0.2) is 0 Å². The number of anilines is 1. The lowest BCUT2D eigenvalue weighted by molar-refractivity contribution is -0.119. The van der Waals surface area contributed by atoms with Gasteiger partial charge in [-0.05, 0) is 37.6 Å². The molecule has 17 heavy (non-hydrogen) atoms. The number of carbonyl (C=O) groups excluding carboxylic acids is 2. The molecule has 2 rings (SSSR count). The molecule has 0 radical (unpaired) electrons. The maximum Gasteiger partial charge on any atom is 0.229 e. The van der Waals surface area contributed by atoms with Crippen LogP contribution in [0.4, 0.5) is 5.69 Å². The first kappa shape index (κ1) is 11.8. The zero-order valence-corrected chi connectivity index (χ0v) is 9.73. The highest BCUT2D eigenvalue weighted by Crippen LogP contribution is 2.16. The third-order valence-electron chi connectivity index (χ3n) is 2.86. The maximum absolute atomic E-state index is 11.8. The summed E-state index contributed by atoms with van der Waals surface area (Å²) in [6, 6.07) is 6.90. The Kier molecular flexibility index (Phi) is 3.54. The summed E-state index contributed by atoms with van der Waals surface area (Å²) in [5.41, 5.74) is 1.36. The Morgan fingerprint density at radius 1 is 1.29 bits per heavy atom. The number of amides is 1. The highest BCUT2D eigenvalue weighted by molar-refractivity contribution is 5.96. The summed E-state index contributed by atoms with van der Waals surface area (Å²) < 4.78 is 5.16. The molecule has 1 aliphatic rings. The third-order valence-corrected chi connectivity index (χ3v) is 2.86. The van der Waals surface area contributed by atoms with E-state index in [-0.39, 0.29) is 17.6 Å². The van der Waals surface area contributed by atoms with Crippen molar-refractivity contribution in [2.75, 3.05) is 18.5 Å². The fourth-order valence-corrected chi connectivity index (χ4v) is 1.77. The van der Waals surface area contributed by atoms with Crippen molar-refractivity contribution < 1.29 is 14.3 Å². The van der Waals surface area contributed by atoms with Gasteiger partial charge in [0.05, 0.1) is 12.5 Å². The van der Waals surface area contributed by atoms with E-state index in [0.29, 0.717) is 24.5 Å². The van der Waals surface area contributed by atoms with Gasteiger partial charge < -0.3 is 10.1 Å². The molecular formula is C13H15NO3. The highest BCUT2D eigenvalue weighted by atomic mass is 16.5. The maximum atomic E-state index is 11.8. The normalized spacial score (nSPS) is 19.0. The van der Waals surface area contributed by atoms with Gasteiger partial charge >= 0.3 is 0 Å². The van der Waals surface area contributed by atoms with E-state index in [2.05, 4.69) is 5.32 Å². The first-order valence-electron chi connectivity index (χ1n) is 5.66. The smallest absolute Gasteiger partial charge is 0.229 e. The van der Waals surface area contributed by atoms with Gasteiger partial charge in [0.1, 0.15) is 0 Å². The molecule has 1 unspecified atom stereocenters. The molecule has 0 bridgehead atoms. The van der Waals surface area contributed by atoms with Gasteiger partial charge in [0.25, 0.3) is 0 Å². The van der Waals surface area contributed by atoms with Crippen LogP contribution in [0.1, 0.15) is 23.7 Å². The van der Waals surface area contributed by atoms with Crippen LogP contribution in [0.5, 0.6) is 0 Å². The molecule has 1 saturated heterocycles. The lowest BCUT2D eigenvalue weighted by Gasteiger charge is -2.09. The van der Waals surface area contributed by atoms with Gasteiger partial charge in [0, 0.05) is 17.9 Å². The molecule has 4 nitrogen and oxygen atoms in total. The van der Waals surface area contributed by atoms with Crippen LogP contribution in [0.3, 0.4) is 0 Å². The fraction of sp³-hybridized carbons (Fsp3) is 0.385. The summed E-state index contributed by atoms with van der Waals surface area (Å²) >= 11 is 0. The summed E-state index contributed by atoms with van der Waals surface area (Å²) in [5.74, 6) is -0.0485. The number of hydrogen-bond donors (Lipinski definition) is 1. The number of benzene rings is 1. The SMILES string of the molecule is CC(=O)c1ccc(NC(=O)C2CCOC2)cc1. The van der Waals surface area contributed by atoms with E-state index in [0.717, 1.165) is 6.42 Å². The molecule has 1 aromatic rings. The van der Waals surface area contributed by atoms with Gasteiger partial charge in [-0.2, -0.15) is 0 Å². The average Bonchev–Trinajstić information content (AvgIpc) is 2.83. The van der Waals surface area contributed by atoms with Crippen LogP contribution in [-0.4, -0.2) is 24.9 Å². The molecule has 1 N–H and O–H groups in total. The summed E-state index contributed by atoms with van der Waals surface area (Å²) in [4.78, 5) is 22.9. The van der Waals surface area contributed by atoms with E-state index in [1.54, 1.807) is 24.3 Å². The second-order valence-corrected chi connectivity index (χ2v) is 4.18. The molecule has 0 aliphatic carbocycles. The minimum Gasteiger partial charge on any atom is -0.381 e. The Labute approximate surface area is 100.0 Å². The van der Waals surface area contributed by atoms with Crippen LogP contribution >= 0.6 is 0 Å². The van der Waals surface area contributed by atoms with E-state index in [1.807, 2.05) is 0 Å². The highest BCUT2D eigenvalue weighted by Gasteiger charge is 2.23.